The molecule has 13 heavy (non-hydrogen) atoms. The summed E-state index contributed by atoms with van der Waals surface area (Å²) in [6, 6.07) is 0. The van der Waals surface area contributed by atoms with Crippen molar-refractivity contribution in [3.05, 3.63) is 22.5 Å². The molecule has 0 spiro atoms. The molecule has 0 atom stereocenters. The molecule has 0 saturated heterocycles. The van der Waals surface area contributed by atoms with Gasteiger partial charge in [-0.3, -0.25) is 10.1 Å². The lowest BCUT2D eigenvalue weighted by atomic mass is 10.5. The Bertz CT molecular complexity index is 285. The van der Waals surface area contributed by atoms with Crippen LogP contribution in [-0.2, 0) is 0 Å². The first-order valence-corrected chi connectivity index (χ1v) is 3.94. The van der Waals surface area contributed by atoms with Gasteiger partial charge in [0.05, 0.1) is 4.92 Å². The first-order valence-electron chi connectivity index (χ1n) is 3.94. The van der Waals surface area contributed by atoms with Crippen LogP contribution in [0.3, 0.4) is 0 Å². The second-order valence-corrected chi connectivity index (χ2v) is 2.45. The molecule has 0 aliphatic rings. The van der Waals surface area contributed by atoms with E-state index in [1.807, 2.05) is 6.92 Å². The van der Waals surface area contributed by atoms with Gasteiger partial charge in [0.1, 0.15) is 12.4 Å². The third kappa shape index (κ3) is 2.66. The summed E-state index contributed by atoms with van der Waals surface area (Å²) in [4.78, 5) is 17.3. The molecule has 6 nitrogen and oxygen atoms in total. The lowest BCUT2D eigenvalue weighted by Gasteiger charge is -2.00. The van der Waals surface area contributed by atoms with Gasteiger partial charge >= 0.3 is 5.69 Å². The van der Waals surface area contributed by atoms with Gasteiger partial charge in [0, 0.05) is 6.54 Å². The summed E-state index contributed by atoms with van der Waals surface area (Å²) < 4.78 is 0. The van der Waals surface area contributed by atoms with Crippen LogP contribution in [0.4, 0.5) is 11.6 Å². The van der Waals surface area contributed by atoms with Crippen LogP contribution in [0.5, 0.6) is 0 Å². The van der Waals surface area contributed by atoms with Crippen LogP contribution in [0.25, 0.3) is 0 Å². The largest absolute Gasteiger partial charge is 0.354 e. The minimum Gasteiger partial charge on any atom is -0.354 e. The molecular weight excluding hydrogens is 172 g/mol. The zero-order valence-electron chi connectivity index (χ0n) is 7.23. The molecule has 1 heterocycles. The monoisotopic (exact) mass is 182 g/mol. The summed E-state index contributed by atoms with van der Waals surface area (Å²) in [5.74, 6) is 0.424. The normalized spacial score (nSPS) is 9.62. The summed E-state index contributed by atoms with van der Waals surface area (Å²) in [5.41, 5.74) is -0.0953. The Hall–Kier alpha value is -1.72. The third-order valence-corrected chi connectivity index (χ3v) is 1.38. The predicted octanol–water partition coefficient (Wildman–Crippen LogP) is 1.21. The van der Waals surface area contributed by atoms with Crippen LogP contribution < -0.4 is 5.32 Å². The zero-order chi connectivity index (χ0) is 9.68. The molecule has 0 aliphatic carbocycles. The maximum Gasteiger partial charge on any atom is 0.305 e. The summed E-state index contributed by atoms with van der Waals surface area (Å²) >= 11 is 0. The lowest BCUT2D eigenvalue weighted by molar-refractivity contribution is -0.385. The fourth-order valence-electron chi connectivity index (χ4n) is 0.744. The summed E-state index contributed by atoms with van der Waals surface area (Å²) in [5, 5.41) is 13.1. The lowest BCUT2D eigenvalue weighted by Crippen LogP contribution is -2.04. The van der Waals surface area contributed by atoms with Crippen LogP contribution in [-0.4, -0.2) is 21.4 Å². The van der Waals surface area contributed by atoms with Crippen LogP contribution in [0.1, 0.15) is 13.3 Å². The van der Waals surface area contributed by atoms with Gasteiger partial charge in [-0.25, -0.2) is 9.97 Å². The maximum atomic E-state index is 10.2. The number of anilines is 1. The molecule has 0 amide bonds. The Morgan fingerprint density at radius 2 is 2.15 bits per heavy atom. The Morgan fingerprint density at radius 1 is 1.54 bits per heavy atom. The maximum absolute atomic E-state index is 10.2. The first kappa shape index (κ1) is 9.37. The van der Waals surface area contributed by atoms with Crippen LogP contribution in [0.15, 0.2) is 12.4 Å². The van der Waals surface area contributed by atoms with Crippen LogP contribution in [0.2, 0.25) is 0 Å². The smallest absolute Gasteiger partial charge is 0.305 e. The van der Waals surface area contributed by atoms with E-state index in [2.05, 4.69) is 15.3 Å². The highest BCUT2D eigenvalue weighted by Gasteiger charge is 2.05. The highest BCUT2D eigenvalue weighted by molar-refractivity contribution is 5.30. The Labute approximate surface area is 75.2 Å². The average Bonchev–Trinajstić information content (AvgIpc) is 2.15. The number of hydrogen-bond acceptors (Lipinski definition) is 5. The molecule has 1 aromatic rings. The van der Waals surface area contributed by atoms with Gasteiger partial charge in [-0.15, -0.1) is 0 Å². The van der Waals surface area contributed by atoms with Crippen molar-refractivity contribution in [2.75, 3.05) is 11.9 Å². The van der Waals surface area contributed by atoms with Crippen molar-refractivity contribution in [3.8, 4) is 0 Å². The van der Waals surface area contributed by atoms with E-state index >= 15 is 0 Å². The molecule has 0 aromatic carbocycles. The first-order chi connectivity index (χ1) is 6.24. The van der Waals surface area contributed by atoms with Gasteiger partial charge in [-0.2, -0.15) is 0 Å². The van der Waals surface area contributed by atoms with Crippen molar-refractivity contribution in [1.82, 2.24) is 9.97 Å². The second-order valence-electron chi connectivity index (χ2n) is 2.45. The second kappa shape index (κ2) is 4.34. The minimum absolute atomic E-state index is 0.0953. The van der Waals surface area contributed by atoms with Crippen molar-refractivity contribution in [1.29, 1.82) is 0 Å². The van der Waals surface area contributed by atoms with Gasteiger partial charge in [0.15, 0.2) is 0 Å². The van der Waals surface area contributed by atoms with Gasteiger partial charge in [0.25, 0.3) is 0 Å². The van der Waals surface area contributed by atoms with E-state index in [4.69, 9.17) is 0 Å². The molecular formula is C7H10N4O2. The number of aromatic nitrogens is 2. The van der Waals surface area contributed by atoms with E-state index in [1.165, 1.54) is 12.4 Å². The molecule has 0 saturated carbocycles. The topological polar surface area (TPSA) is 81.0 Å². The SMILES string of the molecule is CCCNc1ncc([N+](=O)[O-])cn1. The van der Waals surface area contributed by atoms with Crippen molar-refractivity contribution in [2.45, 2.75) is 13.3 Å². The van der Waals surface area contributed by atoms with Gasteiger partial charge in [-0.05, 0) is 6.42 Å². The quantitative estimate of drug-likeness (QED) is 0.559. The van der Waals surface area contributed by atoms with Gasteiger partial charge in [-0.1, -0.05) is 6.92 Å². The fraction of sp³-hybridized carbons (Fsp3) is 0.429. The van der Waals surface area contributed by atoms with Crippen molar-refractivity contribution in [2.24, 2.45) is 0 Å². The number of nitrogens with one attached hydrogen (secondary N) is 1. The minimum atomic E-state index is -0.524. The third-order valence-electron chi connectivity index (χ3n) is 1.38. The van der Waals surface area contributed by atoms with Crippen LogP contribution >= 0.6 is 0 Å². The van der Waals surface area contributed by atoms with Crippen molar-refractivity contribution < 1.29 is 4.92 Å². The number of rotatable bonds is 4. The molecule has 0 fully saturated rings. The number of hydrogen-bond donors (Lipinski definition) is 1. The summed E-state index contributed by atoms with van der Waals surface area (Å²) in [6.07, 6.45) is 3.33. The van der Waals surface area contributed by atoms with Crippen molar-refractivity contribution >= 4 is 11.6 Å². The van der Waals surface area contributed by atoms with E-state index in [0.717, 1.165) is 13.0 Å². The van der Waals surface area contributed by atoms with E-state index < -0.39 is 4.92 Å². The number of nitrogens with zero attached hydrogens (tertiary/aromatic N) is 3. The molecule has 6 heteroatoms. The summed E-state index contributed by atoms with van der Waals surface area (Å²) in [6.45, 7) is 2.77. The van der Waals surface area contributed by atoms with E-state index in [1.54, 1.807) is 0 Å². The molecule has 0 unspecified atom stereocenters. The molecule has 0 bridgehead atoms. The van der Waals surface area contributed by atoms with E-state index in [-0.39, 0.29) is 5.69 Å². The Morgan fingerprint density at radius 3 is 2.62 bits per heavy atom. The van der Waals surface area contributed by atoms with Crippen LogP contribution in [0, 0.1) is 10.1 Å². The molecule has 1 aromatic heterocycles. The molecule has 0 aliphatic heterocycles. The van der Waals surface area contributed by atoms with E-state index in [9.17, 15) is 10.1 Å². The highest BCUT2D eigenvalue weighted by Crippen LogP contribution is 2.07. The molecule has 1 rings (SSSR count). The number of nitro groups is 1. The zero-order valence-corrected chi connectivity index (χ0v) is 7.23. The van der Waals surface area contributed by atoms with Gasteiger partial charge < -0.3 is 5.32 Å². The average molecular weight is 182 g/mol. The van der Waals surface area contributed by atoms with E-state index in [0.29, 0.717) is 5.95 Å². The molecule has 1 N–H and O–H groups in total. The highest BCUT2D eigenvalue weighted by atomic mass is 16.6. The van der Waals surface area contributed by atoms with Gasteiger partial charge in [0.2, 0.25) is 5.95 Å². The van der Waals surface area contributed by atoms with Crippen molar-refractivity contribution in [3.63, 3.8) is 0 Å². The fourth-order valence-corrected chi connectivity index (χ4v) is 0.744. The molecule has 0 radical (unpaired) electrons. The molecule has 70 valence electrons. The Kier molecular flexibility index (Phi) is 3.13. The standard InChI is InChI=1S/C7H10N4O2/c1-2-3-8-7-9-4-6(5-10-7)11(12)13/h4-5H,2-3H2,1H3,(H,8,9,10). The predicted molar refractivity (Wildman–Crippen MR) is 47.5 cm³/mol. The Balaban J connectivity index is 2.64. The summed E-state index contributed by atoms with van der Waals surface area (Å²) in [7, 11) is 0.